The minimum absolute atomic E-state index is 0.318. The molecule has 3 aliphatic rings. The van der Waals surface area contributed by atoms with E-state index in [4.69, 9.17) is 9.47 Å². The molecule has 3 fully saturated rings. The number of likely N-dealkylation sites (tertiary alicyclic amines) is 2. The molecule has 0 radical (unpaired) electrons. The van der Waals surface area contributed by atoms with E-state index in [0.29, 0.717) is 24.2 Å². The molecule has 0 aromatic carbocycles. The first-order chi connectivity index (χ1) is 14.7. The smallest absolute Gasteiger partial charge is 0.193 e. The fourth-order valence-electron chi connectivity index (χ4n) is 5.16. The van der Waals surface area contributed by atoms with E-state index in [-0.39, 0.29) is 0 Å². The maximum Gasteiger partial charge on any atom is 0.193 e. The van der Waals surface area contributed by atoms with Gasteiger partial charge in [0.05, 0.1) is 18.8 Å². The van der Waals surface area contributed by atoms with E-state index < -0.39 is 0 Å². The minimum atomic E-state index is 0.318. The summed E-state index contributed by atoms with van der Waals surface area (Å²) in [6.07, 6.45) is 11.9. The number of ether oxygens (including phenoxy) is 2. The Morgan fingerprint density at radius 2 is 1.73 bits per heavy atom. The first-order valence-corrected chi connectivity index (χ1v) is 12.6. The molecule has 2 unspecified atom stereocenters. The molecule has 6 heteroatoms. The van der Waals surface area contributed by atoms with Crippen LogP contribution in [0.5, 0.6) is 0 Å². The summed E-state index contributed by atoms with van der Waals surface area (Å²) in [5.41, 5.74) is 0. The van der Waals surface area contributed by atoms with E-state index in [1.165, 1.54) is 51.6 Å². The van der Waals surface area contributed by atoms with Crippen LogP contribution in [0.3, 0.4) is 0 Å². The van der Waals surface area contributed by atoms with Crippen molar-refractivity contribution in [3.05, 3.63) is 0 Å². The molecule has 0 aliphatic carbocycles. The Hall–Kier alpha value is -0.850. The van der Waals surface area contributed by atoms with Crippen LogP contribution in [0, 0.1) is 5.92 Å². The number of hydrogen-bond acceptors (Lipinski definition) is 4. The van der Waals surface area contributed by atoms with Crippen molar-refractivity contribution >= 4 is 5.96 Å². The van der Waals surface area contributed by atoms with Crippen LogP contribution in [-0.4, -0.2) is 87.0 Å². The zero-order chi connectivity index (χ0) is 21.2. The van der Waals surface area contributed by atoms with Crippen molar-refractivity contribution in [2.24, 2.45) is 10.9 Å². The van der Waals surface area contributed by atoms with Crippen LogP contribution >= 0.6 is 0 Å². The van der Waals surface area contributed by atoms with Crippen LogP contribution in [0.1, 0.15) is 71.6 Å². The highest BCUT2D eigenvalue weighted by Crippen LogP contribution is 2.19. The fourth-order valence-corrected chi connectivity index (χ4v) is 5.16. The topological polar surface area (TPSA) is 49.3 Å². The molecule has 174 valence electrons. The van der Waals surface area contributed by atoms with Gasteiger partial charge in [0.1, 0.15) is 0 Å². The molecular formula is C24H46N4O2. The molecule has 3 saturated heterocycles. The molecule has 3 heterocycles. The largest absolute Gasteiger partial charge is 0.376 e. The van der Waals surface area contributed by atoms with Crippen LogP contribution in [0.25, 0.3) is 0 Å². The maximum absolute atomic E-state index is 6.19. The third-order valence-electron chi connectivity index (χ3n) is 7.09. The van der Waals surface area contributed by atoms with Crippen molar-refractivity contribution in [2.45, 2.75) is 89.9 Å². The number of nitrogens with one attached hydrogen (secondary N) is 1. The monoisotopic (exact) mass is 422 g/mol. The van der Waals surface area contributed by atoms with Crippen molar-refractivity contribution in [1.29, 1.82) is 0 Å². The molecule has 6 nitrogen and oxygen atoms in total. The molecule has 0 amide bonds. The number of aliphatic imine (C=N–C) groups is 1. The van der Waals surface area contributed by atoms with E-state index in [0.717, 1.165) is 58.1 Å². The number of guanidine groups is 1. The van der Waals surface area contributed by atoms with Crippen molar-refractivity contribution in [1.82, 2.24) is 15.1 Å². The van der Waals surface area contributed by atoms with Crippen molar-refractivity contribution < 1.29 is 9.47 Å². The second-order valence-electron chi connectivity index (χ2n) is 9.70. The van der Waals surface area contributed by atoms with Crippen molar-refractivity contribution in [3.8, 4) is 0 Å². The lowest BCUT2D eigenvalue weighted by atomic mass is 10.0. The second kappa shape index (κ2) is 12.9. The van der Waals surface area contributed by atoms with Crippen LogP contribution in [-0.2, 0) is 9.47 Å². The van der Waals surface area contributed by atoms with Gasteiger partial charge in [-0.3, -0.25) is 9.89 Å². The molecule has 3 aliphatic heterocycles. The molecule has 0 saturated carbocycles. The lowest BCUT2D eigenvalue weighted by molar-refractivity contribution is -0.0721. The molecule has 3 rings (SSSR count). The lowest BCUT2D eigenvalue weighted by Crippen LogP contribution is -2.52. The van der Waals surface area contributed by atoms with Gasteiger partial charge in [0.2, 0.25) is 0 Å². The number of piperidine rings is 1. The summed E-state index contributed by atoms with van der Waals surface area (Å²) in [6.45, 7) is 11.9. The molecule has 30 heavy (non-hydrogen) atoms. The van der Waals surface area contributed by atoms with Gasteiger partial charge in [0.15, 0.2) is 5.96 Å². The van der Waals surface area contributed by atoms with E-state index >= 15 is 0 Å². The van der Waals surface area contributed by atoms with Gasteiger partial charge in [-0.1, -0.05) is 26.7 Å². The molecule has 0 aromatic heterocycles. The molecule has 2 atom stereocenters. The van der Waals surface area contributed by atoms with E-state index in [2.05, 4.69) is 34.0 Å². The van der Waals surface area contributed by atoms with Crippen molar-refractivity contribution in [2.75, 3.05) is 53.0 Å². The first-order valence-electron chi connectivity index (χ1n) is 12.6. The van der Waals surface area contributed by atoms with Gasteiger partial charge in [-0.2, -0.15) is 0 Å². The van der Waals surface area contributed by atoms with Crippen LogP contribution in [0.4, 0.5) is 0 Å². The summed E-state index contributed by atoms with van der Waals surface area (Å²) in [5.74, 6) is 1.71. The van der Waals surface area contributed by atoms with E-state index in [1.807, 2.05) is 7.05 Å². The SMILES string of the molecule is CN=C(NCC(C(C)C)N1CCCCCC1)N1CCC(OCC2CCCCO2)CC1. The zero-order valence-electron chi connectivity index (χ0n) is 19.8. The minimum Gasteiger partial charge on any atom is -0.376 e. The first kappa shape index (κ1) is 23.8. The summed E-state index contributed by atoms with van der Waals surface area (Å²) in [6, 6.07) is 0.580. The Labute approximate surface area is 184 Å². The Morgan fingerprint density at radius 1 is 1.00 bits per heavy atom. The van der Waals surface area contributed by atoms with Gasteiger partial charge in [0, 0.05) is 39.3 Å². The quantitative estimate of drug-likeness (QED) is 0.503. The summed E-state index contributed by atoms with van der Waals surface area (Å²) in [5, 5.41) is 3.71. The van der Waals surface area contributed by atoms with E-state index in [1.54, 1.807) is 0 Å². The zero-order valence-corrected chi connectivity index (χ0v) is 19.8. The van der Waals surface area contributed by atoms with Crippen LogP contribution < -0.4 is 5.32 Å². The van der Waals surface area contributed by atoms with Gasteiger partial charge in [-0.15, -0.1) is 0 Å². The Morgan fingerprint density at radius 3 is 2.33 bits per heavy atom. The highest BCUT2D eigenvalue weighted by atomic mass is 16.5. The van der Waals surface area contributed by atoms with Gasteiger partial charge >= 0.3 is 0 Å². The Bertz CT molecular complexity index is 491. The number of rotatable bonds is 7. The fraction of sp³-hybridized carbons (Fsp3) is 0.958. The molecule has 0 aromatic rings. The third kappa shape index (κ3) is 7.38. The van der Waals surface area contributed by atoms with Crippen LogP contribution in [0.15, 0.2) is 4.99 Å². The van der Waals surface area contributed by atoms with Gasteiger partial charge in [-0.25, -0.2) is 0 Å². The molecular weight excluding hydrogens is 376 g/mol. The highest BCUT2D eigenvalue weighted by Gasteiger charge is 2.26. The summed E-state index contributed by atoms with van der Waals surface area (Å²) in [4.78, 5) is 9.73. The number of hydrogen-bond donors (Lipinski definition) is 1. The summed E-state index contributed by atoms with van der Waals surface area (Å²) in [7, 11) is 1.92. The second-order valence-corrected chi connectivity index (χ2v) is 9.70. The summed E-state index contributed by atoms with van der Waals surface area (Å²) >= 11 is 0. The maximum atomic E-state index is 6.19. The average Bonchev–Trinajstić information content (AvgIpc) is 3.06. The number of nitrogens with zero attached hydrogens (tertiary/aromatic N) is 3. The van der Waals surface area contributed by atoms with Crippen LogP contribution in [0.2, 0.25) is 0 Å². The Kier molecular flexibility index (Phi) is 10.2. The van der Waals surface area contributed by atoms with Crippen molar-refractivity contribution in [3.63, 3.8) is 0 Å². The highest BCUT2D eigenvalue weighted by molar-refractivity contribution is 5.80. The van der Waals surface area contributed by atoms with Gasteiger partial charge < -0.3 is 19.7 Å². The molecule has 1 N–H and O–H groups in total. The Balaban J connectivity index is 1.41. The third-order valence-corrected chi connectivity index (χ3v) is 7.09. The van der Waals surface area contributed by atoms with Gasteiger partial charge in [-0.05, 0) is 64.0 Å². The average molecular weight is 423 g/mol. The predicted molar refractivity (Wildman–Crippen MR) is 124 cm³/mol. The van der Waals surface area contributed by atoms with Gasteiger partial charge in [0.25, 0.3) is 0 Å². The van der Waals surface area contributed by atoms with E-state index in [9.17, 15) is 0 Å². The lowest BCUT2D eigenvalue weighted by Gasteiger charge is -2.37. The predicted octanol–water partition coefficient (Wildman–Crippen LogP) is 3.51. The normalized spacial score (nSPS) is 26.6. The summed E-state index contributed by atoms with van der Waals surface area (Å²) < 4.78 is 12.0. The molecule has 0 spiro atoms. The molecule has 0 bridgehead atoms. The standard InChI is InChI=1S/C24H46N4O2/c1-20(2)23(27-13-7-4-5-8-14-27)18-26-24(25-3)28-15-11-21(12-16-28)30-19-22-10-6-9-17-29-22/h20-23H,4-19H2,1-3H3,(H,25,26).